The summed E-state index contributed by atoms with van der Waals surface area (Å²) < 4.78 is 31.4. The first-order valence-corrected chi connectivity index (χ1v) is 14.6. The number of aromatic nitrogens is 4. The number of fused-ring (bicyclic) bond motifs is 1. The van der Waals surface area contributed by atoms with Crippen LogP contribution in [0.5, 0.6) is 5.75 Å². The lowest BCUT2D eigenvalue weighted by molar-refractivity contribution is 0.105. The molecule has 0 amide bonds. The number of phenols is 1. The molecule has 2 aromatic heterocycles. The van der Waals surface area contributed by atoms with Crippen molar-refractivity contribution in [2.75, 3.05) is 11.4 Å². The highest BCUT2D eigenvalue weighted by molar-refractivity contribution is 6.34. The van der Waals surface area contributed by atoms with E-state index in [2.05, 4.69) is 33.6 Å². The fourth-order valence-corrected chi connectivity index (χ4v) is 6.22. The molecule has 1 aliphatic heterocycles. The monoisotopic (exact) mass is 578 g/mol. The first kappa shape index (κ1) is 27.7. The Balaban J connectivity index is 1.51. The minimum Gasteiger partial charge on any atom is -0.507 e. The summed E-state index contributed by atoms with van der Waals surface area (Å²) in [5, 5.41) is 10.9. The van der Waals surface area contributed by atoms with Gasteiger partial charge in [0, 0.05) is 42.0 Å². The van der Waals surface area contributed by atoms with Gasteiger partial charge in [-0.05, 0) is 62.8 Å². The van der Waals surface area contributed by atoms with E-state index in [0.29, 0.717) is 47.9 Å². The zero-order valence-electron chi connectivity index (χ0n) is 23.2. The molecule has 2 atom stereocenters. The third-order valence-electron chi connectivity index (χ3n) is 8.44. The molecule has 1 N–H and O–H groups in total. The van der Waals surface area contributed by atoms with E-state index in [1.54, 1.807) is 24.5 Å². The van der Waals surface area contributed by atoms with Crippen LogP contribution in [0.2, 0.25) is 5.02 Å². The molecule has 3 heterocycles. The smallest absolute Gasteiger partial charge is 0.159 e. The molecule has 4 aromatic rings. The van der Waals surface area contributed by atoms with Crippen molar-refractivity contribution >= 4 is 28.3 Å². The highest BCUT2D eigenvalue weighted by Crippen LogP contribution is 2.43. The lowest BCUT2D eigenvalue weighted by Gasteiger charge is -2.39. The minimum atomic E-state index is -0.780. The average molecular weight is 579 g/mol. The van der Waals surface area contributed by atoms with Gasteiger partial charge in [0.25, 0.3) is 0 Å². The molecule has 214 valence electrons. The van der Waals surface area contributed by atoms with Gasteiger partial charge in [0.1, 0.15) is 34.6 Å². The maximum Gasteiger partial charge on any atom is 0.159 e. The molecule has 0 spiro atoms. The van der Waals surface area contributed by atoms with Crippen LogP contribution in [0.15, 0.2) is 42.7 Å². The van der Waals surface area contributed by atoms with Crippen molar-refractivity contribution in [1.29, 1.82) is 0 Å². The maximum atomic E-state index is 16.5. The molecular weight excluding hydrogens is 546 g/mol. The van der Waals surface area contributed by atoms with Crippen molar-refractivity contribution in [2.45, 2.75) is 71.1 Å². The topological polar surface area (TPSA) is 78.3 Å². The minimum absolute atomic E-state index is 0.0111. The molecule has 1 aliphatic carbocycles. The fraction of sp³-hybridized carbons (Fsp3) is 0.419. The number of hydrogen-bond donors (Lipinski definition) is 1. The van der Waals surface area contributed by atoms with Crippen LogP contribution >= 0.6 is 11.6 Å². The average Bonchev–Trinajstić information content (AvgIpc) is 2.91. The van der Waals surface area contributed by atoms with E-state index in [-0.39, 0.29) is 27.7 Å². The Hall–Kier alpha value is -3.43. The van der Waals surface area contributed by atoms with Crippen molar-refractivity contribution in [1.82, 2.24) is 24.8 Å². The molecule has 1 saturated carbocycles. The Kier molecular flexibility index (Phi) is 7.74. The summed E-state index contributed by atoms with van der Waals surface area (Å²) in [6.07, 6.45) is 8.79. The van der Waals surface area contributed by atoms with E-state index in [9.17, 15) is 9.50 Å². The molecule has 41 heavy (non-hydrogen) atoms. The lowest BCUT2D eigenvalue weighted by Crippen LogP contribution is -2.42. The summed E-state index contributed by atoms with van der Waals surface area (Å²) in [6, 6.07) is 7.76. The van der Waals surface area contributed by atoms with Crippen LogP contribution in [0.25, 0.3) is 22.0 Å². The Morgan fingerprint density at radius 1 is 0.976 bits per heavy atom. The second kappa shape index (κ2) is 11.4. The van der Waals surface area contributed by atoms with Gasteiger partial charge in [0.2, 0.25) is 0 Å². The Labute approximate surface area is 243 Å². The molecule has 10 heteroatoms. The van der Waals surface area contributed by atoms with E-state index in [1.165, 1.54) is 18.2 Å². The Morgan fingerprint density at radius 2 is 1.73 bits per heavy atom. The van der Waals surface area contributed by atoms with Gasteiger partial charge < -0.3 is 10.0 Å². The second-order valence-corrected chi connectivity index (χ2v) is 11.8. The van der Waals surface area contributed by atoms with Crippen LogP contribution in [0.3, 0.4) is 0 Å². The molecule has 7 nitrogen and oxygen atoms in total. The zero-order chi connectivity index (χ0) is 28.7. The maximum absolute atomic E-state index is 16.5. The molecule has 2 aliphatic rings. The lowest BCUT2D eigenvalue weighted by atomic mass is 9.91. The normalized spacial score (nSPS) is 19.6. The first-order valence-electron chi connectivity index (χ1n) is 14.2. The van der Waals surface area contributed by atoms with Crippen molar-refractivity contribution in [3.05, 3.63) is 71.0 Å². The highest BCUT2D eigenvalue weighted by Gasteiger charge is 2.31. The Morgan fingerprint density at radius 3 is 2.44 bits per heavy atom. The van der Waals surface area contributed by atoms with Crippen molar-refractivity contribution < 1.29 is 13.9 Å². The third kappa shape index (κ3) is 5.45. The summed E-state index contributed by atoms with van der Waals surface area (Å²) >= 11 is 6.63. The van der Waals surface area contributed by atoms with Gasteiger partial charge in [-0.3, -0.25) is 4.90 Å². The van der Waals surface area contributed by atoms with Crippen molar-refractivity contribution in [3.8, 4) is 16.9 Å². The fourth-order valence-electron chi connectivity index (χ4n) is 5.93. The van der Waals surface area contributed by atoms with E-state index in [1.807, 2.05) is 0 Å². The number of nitrogens with zero attached hydrogens (tertiary/aromatic N) is 6. The molecule has 0 bridgehead atoms. The number of aromatic hydroxyl groups is 1. The molecule has 1 saturated heterocycles. The number of hydrogen-bond acceptors (Lipinski definition) is 7. The van der Waals surface area contributed by atoms with Crippen molar-refractivity contribution in [3.63, 3.8) is 0 Å². The van der Waals surface area contributed by atoms with Crippen LogP contribution < -0.4 is 4.90 Å². The van der Waals surface area contributed by atoms with E-state index < -0.39 is 17.4 Å². The standard InChI is InChI=1S/C31H33ClF2N6O/c1-18-10-11-19(2)40(15-18)31-21-14-22(32)27(28-23(33)8-4-9-24(28)41)29(34)30(21)37-26(38-31)17-39(20-6-3-7-20)16-25-35-12-5-13-36-25/h4-5,8-9,12-14,18-20,41H,3,6-7,10-11,15-17H2,1-2H3/t18-,19-/m0/s1. The molecule has 0 radical (unpaired) electrons. The van der Waals surface area contributed by atoms with E-state index >= 15 is 4.39 Å². The number of phenolic OH excluding ortho intramolecular Hbond substituents is 1. The van der Waals surface area contributed by atoms with Gasteiger partial charge in [-0.25, -0.2) is 28.7 Å². The van der Waals surface area contributed by atoms with Gasteiger partial charge >= 0.3 is 0 Å². The molecule has 0 unspecified atom stereocenters. The first-order chi connectivity index (χ1) is 19.8. The number of rotatable bonds is 7. The summed E-state index contributed by atoms with van der Waals surface area (Å²) in [6.45, 7) is 6.03. The third-order valence-corrected chi connectivity index (χ3v) is 8.74. The SMILES string of the molecule is C[C@H]1CC[C@H](C)N(c2nc(CN(Cc3ncccn3)C3CCC3)nc3c(F)c(-c4c(O)cccc4F)c(Cl)cc23)C1. The molecular formula is C31H33ClF2N6O. The molecule has 2 aromatic carbocycles. The summed E-state index contributed by atoms with van der Waals surface area (Å²) in [5.41, 5.74) is -0.433. The van der Waals surface area contributed by atoms with Gasteiger partial charge in [-0.2, -0.15) is 0 Å². The predicted molar refractivity (Wildman–Crippen MR) is 156 cm³/mol. The van der Waals surface area contributed by atoms with Gasteiger partial charge in [-0.15, -0.1) is 0 Å². The zero-order valence-corrected chi connectivity index (χ0v) is 24.0. The van der Waals surface area contributed by atoms with E-state index in [4.69, 9.17) is 21.6 Å². The van der Waals surface area contributed by atoms with Crippen LogP contribution in [0.4, 0.5) is 14.6 Å². The largest absolute Gasteiger partial charge is 0.507 e. The summed E-state index contributed by atoms with van der Waals surface area (Å²) in [4.78, 5) is 23.0. The van der Waals surface area contributed by atoms with Crippen LogP contribution in [-0.2, 0) is 13.1 Å². The highest BCUT2D eigenvalue weighted by atomic mass is 35.5. The number of anilines is 1. The molecule has 6 rings (SSSR count). The van der Waals surface area contributed by atoms with Crippen LogP contribution in [0.1, 0.15) is 57.6 Å². The van der Waals surface area contributed by atoms with Crippen molar-refractivity contribution in [2.24, 2.45) is 5.92 Å². The van der Waals surface area contributed by atoms with Gasteiger partial charge in [0.05, 0.1) is 23.7 Å². The second-order valence-electron chi connectivity index (χ2n) is 11.4. The number of halogens is 3. The van der Waals surface area contributed by atoms with Gasteiger partial charge in [-0.1, -0.05) is 31.0 Å². The van der Waals surface area contributed by atoms with Crippen LogP contribution in [0, 0.1) is 17.6 Å². The Bertz CT molecular complexity index is 1550. The van der Waals surface area contributed by atoms with Gasteiger partial charge in [0.15, 0.2) is 5.82 Å². The summed E-state index contributed by atoms with van der Waals surface area (Å²) in [5.74, 6) is 0.293. The predicted octanol–water partition coefficient (Wildman–Crippen LogP) is 6.90. The quantitative estimate of drug-likeness (QED) is 0.255. The summed E-state index contributed by atoms with van der Waals surface area (Å²) in [7, 11) is 0. The molecule has 2 fully saturated rings. The number of piperidine rings is 1. The van der Waals surface area contributed by atoms with Crippen LogP contribution in [-0.4, -0.2) is 48.6 Å². The number of benzene rings is 2. The van der Waals surface area contributed by atoms with E-state index in [0.717, 1.165) is 38.6 Å².